The van der Waals surface area contributed by atoms with Gasteiger partial charge >= 0.3 is 4.94 Å². The molecule has 0 radical (unpaired) electrons. The van der Waals surface area contributed by atoms with E-state index >= 15 is 0 Å². The molecule has 3 rings (SSSR count). The number of hydrogen-bond acceptors (Lipinski definition) is 5. The summed E-state index contributed by atoms with van der Waals surface area (Å²) in [7, 11) is 0. The van der Waals surface area contributed by atoms with Crippen molar-refractivity contribution in [1.82, 2.24) is 5.32 Å². The number of benzene rings is 1. The van der Waals surface area contributed by atoms with Crippen LogP contribution in [0.4, 0.5) is 0 Å². The largest absolute Gasteiger partial charge is 0.508 e. The molecule has 18 heavy (non-hydrogen) atoms. The maximum absolute atomic E-state index is 11.2. The fourth-order valence-electron chi connectivity index (χ4n) is 2.51. The Kier molecular flexibility index (Phi) is 3.09. The monoisotopic (exact) mass is 265 g/mol. The van der Waals surface area contributed by atoms with Crippen molar-refractivity contribution in [3.05, 3.63) is 27.4 Å². The molecular weight excluding hydrogens is 250 g/mol. The Balaban J connectivity index is 1.90. The number of phenolic OH excluding ortho intramolecular Hbond substituents is 1. The fraction of sp³-hybridized carbons (Fsp3) is 0.462. The summed E-state index contributed by atoms with van der Waals surface area (Å²) in [6.45, 7) is 2.09. The molecule has 0 aliphatic carbocycles. The standard InChI is InChI=1S/C13H15NO3S/c15-10-7-12-11(17-13(16)18-12)6-9(10)5-8-1-3-14-4-2-8/h6-8,14-15H,1-5H2. The lowest BCUT2D eigenvalue weighted by atomic mass is 9.90. The summed E-state index contributed by atoms with van der Waals surface area (Å²) >= 11 is 1.03. The van der Waals surface area contributed by atoms with Crippen molar-refractivity contribution in [1.29, 1.82) is 0 Å². The van der Waals surface area contributed by atoms with Crippen LogP contribution in [-0.2, 0) is 6.42 Å². The van der Waals surface area contributed by atoms with Crippen LogP contribution in [0.25, 0.3) is 10.3 Å². The highest BCUT2D eigenvalue weighted by Crippen LogP contribution is 2.30. The maximum Gasteiger partial charge on any atom is 0.396 e. The molecular formula is C13H15NO3S. The van der Waals surface area contributed by atoms with Gasteiger partial charge in [0.2, 0.25) is 0 Å². The molecule has 0 bridgehead atoms. The fourth-order valence-corrected chi connectivity index (χ4v) is 3.19. The van der Waals surface area contributed by atoms with E-state index < -0.39 is 0 Å². The molecule has 1 saturated heterocycles. The topological polar surface area (TPSA) is 62.5 Å². The van der Waals surface area contributed by atoms with E-state index in [1.54, 1.807) is 6.07 Å². The van der Waals surface area contributed by atoms with E-state index in [2.05, 4.69) is 5.32 Å². The van der Waals surface area contributed by atoms with Gasteiger partial charge in [0, 0.05) is 6.07 Å². The first kappa shape index (κ1) is 11.7. The van der Waals surface area contributed by atoms with Crippen LogP contribution in [0.15, 0.2) is 21.3 Å². The molecule has 1 aromatic carbocycles. The zero-order valence-electron chi connectivity index (χ0n) is 9.94. The van der Waals surface area contributed by atoms with E-state index in [0.717, 1.165) is 49.3 Å². The van der Waals surface area contributed by atoms with Gasteiger partial charge in [-0.1, -0.05) is 11.3 Å². The van der Waals surface area contributed by atoms with Crippen molar-refractivity contribution in [2.45, 2.75) is 19.3 Å². The minimum absolute atomic E-state index is 0.276. The molecule has 0 unspecified atom stereocenters. The van der Waals surface area contributed by atoms with Gasteiger partial charge in [-0.3, -0.25) is 0 Å². The zero-order chi connectivity index (χ0) is 12.5. The van der Waals surface area contributed by atoms with Crippen molar-refractivity contribution in [3.8, 4) is 5.75 Å². The van der Waals surface area contributed by atoms with Gasteiger partial charge in [0.05, 0.1) is 4.70 Å². The smallest absolute Gasteiger partial charge is 0.396 e. The van der Waals surface area contributed by atoms with Gasteiger partial charge in [0.15, 0.2) is 0 Å². The second kappa shape index (κ2) is 4.74. The van der Waals surface area contributed by atoms with Gasteiger partial charge in [-0.05, 0) is 49.9 Å². The molecule has 2 N–H and O–H groups in total. The van der Waals surface area contributed by atoms with E-state index in [1.807, 2.05) is 6.07 Å². The average Bonchev–Trinajstić information content (AvgIpc) is 2.70. The quantitative estimate of drug-likeness (QED) is 0.873. The molecule has 4 nitrogen and oxygen atoms in total. The van der Waals surface area contributed by atoms with Gasteiger partial charge in [-0.2, -0.15) is 0 Å². The molecule has 2 heterocycles. The van der Waals surface area contributed by atoms with Crippen molar-refractivity contribution in [2.24, 2.45) is 5.92 Å². The second-order valence-electron chi connectivity index (χ2n) is 4.78. The third-order valence-electron chi connectivity index (χ3n) is 3.50. The van der Waals surface area contributed by atoms with Gasteiger partial charge < -0.3 is 14.8 Å². The summed E-state index contributed by atoms with van der Waals surface area (Å²) in [5.41, 5.74) is 1.47. The summed E-state index contributed by atoms with van der Waals surface area (Å²) in [6, 6.07) is 3.45. The van der Waals surface area contributed by atoms with Gasteiger partial charge in [0.1, 0.15) is 11.3 Å². The Morgan fingerprint density at radius 1 is 1.39 bits per heavy atom. The summed E-state index contributed by atoms with van der Waals surface area (Å²) < 4.78 is 5.81. The number of hydrogen-bond donors (Lipinski definition) is 2. The van der Waals surface area contributed by atoms with Crippen LogP contribution in [-0.4, -0.2) is 18.2 Å². The molecule has 1 fully saturated rings. The molecule has 5 heteroatoms. The lowest BCUT2D eigenvalue weighted by molar-refractivity contribution is 0.366. The molecule has 0 saturated carbocycles. The molecule has 1 aliphatic heterocycles. The van der Waals surface area contributed by atoms with Crippen LogP contribution in [0.3, 0.4) is 0 Å². The number of nitrogens with one attached hydrogen (secondary N) is 1. The highest BCUT2D eigenvalue weighted by molar-refractivity contribution is 7.16. The summed E-state index contributed by atoms with van der Waals surface area (Å²) in [5, 5.41) is 13.3. The van der Waals surface area contributed by atoms with E-state index in [0.29, 0.717) is 16.2 Å². The van der Waals surface area contributed by atoms with Crippen molar-refractivity contribution in [2.75, 3.05) is 13.1 Å². The van der Waals surface area contributed by atoms with E-state index in [-0.39, 0.29) is 10.7 Å². The second-order valence-corrected chi connectivity index (χ2v) is 5.76. The Morgan fingerprint density at radius 3 is 2.94 bits per heavy atom. The Labute approximate surface area is 108 Å². The lowest BCUT2D eigenvalue weighted by Gasteiger charge is -2.22. The molecule has 0 amide bonds. The maximum atomic E-state index is 11.2. The first-order valence-corrected chi connectivity index (χ1v) is 7.00. The summed E-state index contributed by atoms with van der Waals surface area (Å²) in [5.74, 6) is 0.873. The van der Waals surface area contributed by atoms with Gasteiger partial charge in [0.25, 0.3) is 0 Å². The molecule has 96 valence electrons. The predicted molar refractivity (Wildman–Crippen MR) is 71.3 cm³/mol. The molecule has 0 atom stereocenters. The first-order chi connectivity index (χ1) is 8.72. The van der Waals surface area contributed by atoms with E-state index in [1.165, 1.54) is 0 Å². The first-order valence-electron chi connectivity index (χ1n) is 6.18. The summed E-state index contributed by atoms with van der Waals surface area (Å²) in [4.78, 5) is 10.8. The number of aromatic hydroxyl groups is 1. The van der Waals surface area contributed by atoms with Crippen LogP contribution in [0.1, 0.15) is 18.4 Å². The van der Waals surface area contributed by atoms with Crippen molar-refractivity contribution >= 4 is 21.6 Å². The van der Waals surface area contributed by atoms with Gasteiger partial charge in [-0.15, -0.1) is 0 Å². The SMILES string of the molecule is O=c1oc2cc(CC3CCNCC3)c(O)cc2s1. The summed E-state index contributed by atoms with van der Waals surface area (Å²) in [6.07, 6.45) is 3.11. The third kappa shape index (κ3) is 2.28. The highest BCUT2D eigenvalue weighted by atomic mass is 32.1. The molecule has 2 aromatic rings. The van der Waals surface area contributed by atoms with Gasteiger partial charge in [-0.25, -0.2) is 4.79 Å². The highest BCUT2D eigenvalue weighted by Gasteiger charge is 2.16. The Bertz CT molecular complexity index is 610. The van der Waals surface area contributed by atoms with Crippen molar-refractivity contribution < 1.29 is 9.52 Å². The molecule has 1 aromatic heterocycles. The lowest BCUT2D eigenvalue weighted by Crippen LogP contribution is -2.28. The van der Waals surface area contributed by atoms with Crippen LogP contribution >= 0.6 is 11.3 Å². The number of rotatable bonds is 2. The van der Waals surface area contributed by atoms with Crippen LogP contribution in [0.5, 0.6) is 5.75 Å². The number of fused-ring (bicyclic) bond motifs is 1. The normalized spacial score (nSPS) is 17.3. The minimum atomic E-state index is -0.316. The number of phenols is 1. The van der Waals surface area contributed by atoms with Crippen molar-refractivity contribution in [3.63, 3.8) is 0 Å². The molecule has 0 spiro atoms. The molecule has 1 aliphatic rings. The number of piperidine rings is 1. The Hall–Kier alpha value is -1.33. The van der Waals surface area contributed by atoms with E-state index in [4.69, 9.17) is 4.42 Å². The zero-order valence-corrected chi connectivity index (χ0v) is 10.8. The third-order valence-corrected chi connectivity index (χ3v) is 4.29. The van der Waals surface area contributed by atoms with E-state index in [9.17, 15) is 9.90 Å². The predicted octanol–water partition coefficient (Wildman–Crippen LogP) is 2.10. The van der Waals surface area contributed by atoms with Crippen LogP contribution in [0.2, 0.25) is 0 Å². The van der Waals surface area contributed by atoms with Crippen LogP contribution in [0, 0.1) is 5.92 Å². The Morgan fingerprint density at radius 2 is 2.17 bits per heavy atom. The average molecular weight is 265 g/mol. The van der Waals surface area contributed by atoms with Crippen LogP contribution < -0.4 is 10.3 Å². The minimum Gasteiger partial charge on any atom is -0.508 e.